The smallest absolute Gasteiger partial charge is 0.257 e. The minimum Gasteiger partial charge on any atom is -0.550 e. The first-order valence-electron chi connectivity index (χ1n) is 9.09. The molecule has 6 heteroatoms. The predicted octanol–water partition coefficient (Wildman–Crippen LogP) is 2.52. The molecule has 0 fully saturated rings. The second kappa shape index (κ2) is 8.52. The van der Waals surface area contributed by atoms with Crippen LogP contribution in [0.3, 0.4) is 0 Å². The molecule has 0 heterocycles. The Hall–Kier alpha value is -3.41. The average Bonchev–Trinajstić information content (AvgIpc) is 2.70. The number of benzene rings is 2. The molecule has 0 bridgehead atoms. The summed E-state index contributed by atoms with van der Waals surface area (Å²) in [5.41, 5.74) is 2.36. The van der Waals surface area contributed by atoms with Gasteiger partial charge in [0.15, 0.2) is 0 Å². The number of nitrogens with one attached hydrogen (secondary N) is 2. The summed E-state index contributed by atoms with van der Waals surface area (Å²) < 4.78 is 0. The lowest BCUT2D eigenvalue weighted by atomic mass is 9.82. The van der Waals surface area contributed by atoms with Gasteiger partial charge in [-0.2, -0.15) is 0 Å². The number of hydrogen-bond acceptors (Lipinski definition) is 4. The molecule has 6 nitrogen and oxygen atoms in total. The Morgan fingerprint density at radius 3 is 2.21 bits per heavy atom. The van der Waals surface area contributed by atoms with Crippen molar-refractivity contribution in [3.8, 4) is 0 Å². The van der Waals surface area contributed by atoms with Crippen molar-refractivity contribution >= 4 is 29.2 Å². The van der Waals surface area contributed by atoms with E-state index in [0.29, 0.717) is 23.4 Å². The Morgan fingerprint density at radius 2 is 1.54 bits per heavy atom. The van der Waals surface area contributed by atoms with Gasteiger partial charge in [-0.15, -0.1) is 0 Å². The van der Waals surface area contributed by atoms with Gasteiger partial charge in [0.1, 0.15) is 0 Å². The summed E-state index contributed by atoms with van der Waals surface area (Å²) in [6.45, 7) is 1.96. The summed E-state index contributed by atoms with van der Waals surface area (Å²) in [5.74, 6) is -3.65. The number of para-hydroxylation sites is 1. The molecule has 0 aliphatic heterocycles. The fraction of sp³-hybridized carbons (Fsp3) is 0.227. The van der Waals surface area contributed by atoms with Crippen LogP contribution in [0.15, 0.2) is 60.7 Å². The van der Waals surface area contributed by atoms with Gasteiger partial charge < -0.3 is 20.5 Å². The van der Waals surface area contributed by atoms with Crippen LogP contribution in [0.25, 0.3) is 0 Å². The Balaban J connectivity index is 1.77. The highest BCUT2D eigenvalue weighted by Gasteiger charge is 2.30. The number of hydrogen-bond donors (Lipinski definition) is 2. The van der Waals surface area contributed by atoms with Gasteiger partial charge in [0.25, 0.3) is 5.91 Å². The van der Waals surface area contributed by atoms with Gasteiger partial charge in [-0.05, 0) is 44.0 Å². The number of amides is 2. The molecule has 28 heavy (non-hydrogen) atoms. The first-order valence-corrected chi connectivity index (χ1v) is 9.09. The fourth-order valence-corrected chi connectivity index (χ4v) is 3.22. The van der Waals surface area contributed by atoms with E-state index in [1.54, 1.807) is 48.6 Å². The number of anilines is 2. The van der Waals surface area contributed by atoms with Crippen molar-refractivity contribution < 1.29 is 19.5 Å². The summed E-state index contributed by atoms with van der Waals surface area (Å²) in [4.78, 5) is 36.7. The molecule has 0 saturated heterocycles. The lowest BCUT2D eigenvalue weighted by molar-refractivity contribution is -0.313. The summed E-state index contributed by atoms with van der Waals surface area (Å²) in [6, 6.07) is 14.0. The first kappa shape index (κ1) is 19.4. The number of carbonyl (C=O) groups excluding carboxylic acids is 3. The number of carbonyl (C=O) groups is 3. The first-order chi connectivity index (χ1) is 13.5. The van der Waals surface area contributed by atoms with Gasteiger partial charge in [0.2, 0.25) is 5.91 Å². The van der Waals surface area contributed by atoms with E-state index >= 15 is 0 Å². The molecular formula is C22H21N2O4-. The number of aliphatic carboxylic acids is 1. The maximum atomic E-state index is 12.7. The molecule has 2 aromatic rings. The summed E-state index contributed by atoms with van der Waals surface area (Å²) in [5, 5.41) is 16.9. The van der Waals surface area contributed by atoms with E-state index < -0.39 is 23.7 Å². The van der Waals surface area contributed by atoms with Crippen molar-refractivity contribution in [3.05, 3.63) is 71.8 Å². The van der Waals surface area contributed by atoms with Crippen LogP contribution in [0.4, 0.5) is 11.4 Å². The van der Waals surface area contributed by atoms with E-state index in [-0.39, 0.29) is 12.3 Å². The molecule has 3 rings (SSSR count). The minimum absolute atomic E-state index is 0.260. The van der Waals surface area contributed by atoms with Gasteiger partial charge in [-0.3, -0.25) is 9.59 Å². The van der Waals surface area contributed by atoms with Crippen molar-refractivity contribution in [3.63, 3.8) is 0 Å². The third kappa shape index (κ3) is 4.46. The average molecular weight is 377 g/mol. The van der Waals surface area contributed by atoms with Crippen molar-refractivity contribution in [1.29, 1.82) is 0 Å². The Bertz CT molecular complexity index is 918. The van der Waals surface area contributed by atoms with Crippen LogP contribution in [0.1, 0.15) is 28.8 Å². The van der Waals surface area contributed by atoms with E-state index in [4.69, 9.17) is 0 Å². The number of carboxylic acids is 1. The monoisotopic (exact) mass is 377 g/mol. The normalized spacial score (nSPS) is 18.3. The van der Waals surface area contributed by atoms with Crippen LogP contribution in [-0.2, 0) is 9.59 Å². The van der Waals surface area contributed by atoms with Crippen molar-refractivity contribution in [1.82, 2.24) is 0 Å². The van der Waals surface area contributed by atoms with E-state index in [9.17, 15) is 19.5 Å². The van der Waals surface area contributed by atoms with Gasteiger partial charge in [-0.1, -0.05) is 42.0 Å². The summed E-state index contributed by atoms with van der Waals surface area (Å²) >= 11 is 0. The van der Waals surface area contributed by atoms with Crippen LogP contribution in [0.5, 0.6) is 0 Å². The Kier molecular flexibility index (Phi) is 5.89. The second-order valence-electron chi connectivity index (χ2n) is 6.83. The predicted molar refractivity (Wildman–Crippen MR) is 105 cm³/mol. The maximum Gasteiger partial charge on any atom is 0.257 e. The molecule has 2 aromatic carbocycles. The SMILES string of the molecule is Cc1ccc(NC(=O)c2ccccc2NC(=O)[C@@H]2CC=CC[C@@H]2C(=O)[O-])cc1. The molecule has 0 saturated carbocycles. The standard InChI is InChI=1S/C22H22N2O4/c1-14-10-12-15(13-11-14)23-21(26)18-8-4-5-9-19(18)24-20(25)16-6-2-3-7-17(16)22(27)28/h2-5,8-13,16-17H,6-7H2,1H3,(H,23,26)(H,24,25)(H,27,28)/p-1/t16-,17+/m1/s1. The lowest BCUT2D eigenvalue weighted by Gasteiger charge is -2.28. The highest BCUT2D eigenvalue weighted by molar-refractivity contribution is 6.10. The molecule has 144 valence electrons. The molecular weight excluding hydrogens is 356 g/mol. The third-order valence-electron chi connectivity index (χ3n) is 4.81. The van der Waals surface area contributed by atoms with Crippen LogP contribution in [0.2, 0.25) is 0 Å². The van der Waals surface area contributed by atoms with Crippen molar-refractivity contribution in [2.45, 2.75) is 19.8 Å². The third-order valence-corrected chi connectivity index (χ3v) is 4.81. The van der Waals surface area contributed by atoms with Crippen molar-refractivity contribution in [2.75, 3.05) is 10.6 Å². The summed E-state index contributed by atoms with van der Waals surface area (Å²) in [7, 11) is 0. The zero-order valence-corrected chi connectivity index (χ0v) is 15.5. The molecule has 0 aromatic heterocycles. The van der Waals surface area contributed by atoms with Crippen LogP contribution < -0.4 is 15.7 Å². The van der Waals surface area contributed by atoms with Crippen molar-refractivity contribution in [2.24, 2.45) is 11.8 Å². The number of carboxylic acid groups (broad SMARTS) is 1. The molecule has 0 spiro atoms. The Morgan fingerprint density at radius 1 is 0.893 bits per heavy atom. The summed E-state index contributed by atoms with van der Waals surface area (Å²) in [6.07, 6.45) is 4.12. The molecule has 2 N–H and O–H groups in total. The van der Waals surface area contributed by atoms with E-state index in [2.05, 4.69) is 10.6 Å². The highest BCUT2D eigenvalue weighted by atomic mass is 16.4. The Labute approximate surface area is 163 Å². The highest BCUT2D eigenvalue weighted by Crippen LogP contribution is 2.27. The zero-order chi connectivity index (χ0) is 20.1. The number of rotatable bonds is 5. The van der Waals surface area contributed by atoms with Gasteiger partial charge in [0.05, 0.1) is 17.2 Å². The number of allylic oxidation sites excluding steroid dienone is 2. The van der Waals surface area contributed by atoms with Gasteiger partial charge >= 0.3 is 0 Å². The van der Waals surface area contributed by atoms with Crippen LogP contribution in [0, 0.1) is 18.8 Å². The fourth-order valence-electron chi connectivity index (χ4n) is 3.22. The van der Waals surface area contributed by atoms with E-state index in [1.165, 1.54) is 0 Å². The quantitative estimate of drug-likeness (QED) is 0.782. The topological polar surface area (TPSA) is 98.3 Å². The molecule has 2 atom stereocenters. The van der Waals surface area contributed by atoms with Gasteiger partial charge in [0, 0.05) is 17.6 Å². The molecule has 2 amide bonds. The van der Waals surface area contributed by atoms with Gasteiger partial charge in [-0.25, -0.2) is 0 Å². The second-order valence-corrected chi connectivity index (χ2v) is 6.83. The van der Waals surface area contributed by atoms with Crippen LogP contribution in [-0.4, -0.2) is 17.8 Å². The maximum absolute atomic E-state index is 12.7. The lowest BCUT2D eigenvalue weighted by Crippen LogP contribution is -2.41. The minimum atomic E-state index is -1.24. The molecule has 0 radical (unpaired) electrons. The largest absolute Gasteiger partial charge is 0.550 e. The van der Waals surface area contributed by atoms with E-state index in [1.807, 2.05) is 19.1 Å². The van der Waals surface area contributed by atoms with Crippen LogP contribution >= 0.6 is 0 Å². The molecule has 1 aliphatic carbocycles. The molecule has 1 aliphatic rings. The van der Waals surface area contributed by atoms with E-state index in [0.717, 1.165) is 5.56 Å². The molecule has 0 unspecified atom stereocenters. The number of aryl methyl sites for hydroxylation is 1. The zero-order valence-electron chi connectivity index (χ0n) is 15.5.